The lowest BCUT2D eigenvalue weighted by Crippen LogP contribution is -2.49. The van der Waals surface area contributed by atoms with Crippen molar-refractivity contribution in [2.24, 2.45) is 0 Å². The van der Waals surface area contributed by atoms with Gasteiger partial charge in [-0.25, -0.2) is 9.97 Å². The Balaban J connectivity index is 1.67. The molecule has 1 saturated heterocycles. The molecule has 0 aliphatic carbocycles. The molecule has 142 valence electrons. The quantitative estimate of drug-likeness (QED) is 0.890. The predicted octanol–water partition coefficient (Wildman–Crippen LogP) is 1.69. The van der Waals surface area contributed by atoms with Crippen LogP contribution in [0.5, 0.6) is 0 Å². The number of anilines is 1. The topological polar surface area (TPSA) is 78.4 Å². The average Bonchev–Trinajstić information content (AvgIpc) is 2.65. The number of aromatic nitrogens is 2. The van der Waals surface area contributed by atoms with E-state index in [2.05, 4.69) is 20.2 Å². The van der Waals surface area contributed by atoms with Crippen LogP contribution in [0.3, 0.4) is 0 Å². The van der Waals surface area contributed by atoms with Gasteiger partial charge in [0.05, 0.1) is 0 Å². The van der Waals surface area contributed by atoms with Gasteiger partial charge in [-0.05, 0) is 25.5 Å². The van der Waals surface area contributed by atoms with Crippen molar-refractivity contribution in [1.82, 2.24) is 20.2 Å². The maximum absolute atomic E-state index is 13.0. The van der Waals surface area contributed by atoms with E-state index in [4.69, 9.17) is 0 Å². The number of aryl methyl sites for hydroxylation is 2. The van der Waals surface area contributed by atoms with Crippen LogP contribution < -0.4 is 10.2 Å². The molecule has 1 fully saturated rings. The SMILES string of the molecule is CC(=O)NCc1ccccc1C(=O)N1CCN(c2cc(C)nc(C)n2)CC1. The van der Waals surface area contributed by atoms with Crippen LogP contribution >= 0.6 is 0 Å². The Morgan fingerprint density at radius 2 is 1.78 bits per heavy atom. The van der Waals surface area contributed by atoms with E-state index in [0.717, 1.165) is 36.0 Å². The van der Waals surface area contributed by atoms with Crippen molar-refractivity contribution in [3.63, 3.8) is 0 Å². The molecule has 27 heavy (non-hydrogen) atoms. The zero-order chi connectivity index (χ0) is 19.4. The minimum atomic E-state index is -0.110. The lowest BCUT2D eigenvalue weighted by molar-refractivity contribution is -0.119. The van der Waals surface area contributed by atoms with Gasteiger partial charge in [0.15, 0.2) is 0 Å². The molecule has 0 spiro atoms. The second-order valence-corrected chi connectivity index (χ2v) is 6.76. The molecule has 1 aliphatic heterocycles. The molecular weight excluding hydrogens is 342 g/mol. The molecule has 1 aromatic carbocycles. The van der Waals surface area contributed by atoms with E-state index in [0.29, 0.717) is 25.2 Å². The zero-order valence-electron chi connectivity index (χ0n) is 16.0. The number of hydrogen-bond donors (Lipinski definition) is 1. The van der Waals surface area contributed by atoms with Crippen molar-refractivity contribution in [2.45, 2.75) is 27.3 Å². The zero-order valence-corrected chi connectivity index (χ0v) is 16.0. The van der Waals surface area contributed by atoms with Gasteiger partial charge in [0.25, 0.3) is 5.91 Å². The molecule has 2 aromatic rings. The van der Waals surface area contributed by atoms with Crippen LogP contribution in [0.1, 0.15) is 34.4 Å². The number of nitrogens with one attached hydrogen (secondary N) is 1. The number of hydrogen-bond acceptors (Lipinski definition) is 5. The summed E-state index contributed by atoms with van der Waals surface area (Å²) in [6.45, 7) is 8.42. The van der Waals surface area contributed by atoms with Crippen LogP contribution in [0.25, 0.3) is 0 Å². The predicted molar refractivity (Wildman–Crippen MR) is 104 cm³/mol. The van der Waals surface area contributed by atoms with Crippen LogP contribution in [0, 0.1) is 13.8 Å². The molecule has 1 aliphatic rings. The molecule has 0 bridgehead atoms. The lowest BCUT2D eigenvalue weighted by atomic mass is 10.1. The fraction of sp³-hybridized carbons (Fsp3) is 0.400. The number of piperazine rings is 1. The lowest BCUT2D eigenvalue weighted by Gasteiger charge is -2.35. The van der Waals surface area contributed by atoms with Gasteiger partial charge in [-0.2, -0.15) is 0 Å². The molecule has 0 saturated carbocycles. The number of rotatable bonds is 4. The van der Waals surface area contributed by atoms with Crippen molar-refractivity contribution >= 4 is 17.6 Å². The number of nitrogens with zero attached hydrogens (tertiary/aromatic N) is 4. The van der Waals surface area contributed by atoms with Gasteiger partial charge in [-0.1, -0.05) is 18.2 Å². The van der Waals surface area contributed by atoms with Gasteiger partial charge >= 0.3 is 0 Å². The Kier molecular flexibility index (Phi) is 5.69. The summed E-state index contributed by atoms with van der Waals surface area (Å²) in [6.07, 6.45) is 0. The Morgan fingerprint density at radius 3 is 2.44 bits per heavy atom. The minimum absolute atomic E-state index is 0.00523. The van der Waals surface area contributed by atoms with Gasteiger partial charge in [0.1, 0.15) is 11.6 Å². The van der Waals surface area contributed by atoms with Gasteiger partial charge in [0.2, 0.25) is 5.91 Å². The Bertz CT molecular complexity index is 824. The van der Waals surface area contributed by atoms with Crippen LogP contribution in [-0.4, -0.2) is 52.9 Å². The number of amides is 2. The van der Waals surface area contributed by atoms with Gasteiger partial charge < -0.3 is 15.1 Å². The van der Waals surface area contributed by atoms with Crippen LogP contribution in [-0.2, 0) is 11.3 Å². The van der Waals surface area contributed by atoms with E-state index < -0.39 is 0 Å². The smallest absolute Gasteiger partial charge is 0.254 e. The van der Waals surface area contributed by atoms with Gasteiger partial charge in [-0.3, -0.25) is 9.59 Å². The molecule has 0 radical (unpaired) electrons. The van der Waals surface area contributed by atoms with E-state index in [-0.39, 0.29) is 11.8 Å². The first-order valence-electron chi connectivity index (χ1n) is 9.13. The summed E-state index contributed by atoms with van der Waals surface area (Å²) in [5.74, 6) is 1.57. The minimum Gasteiger partial charge on any atom is -0.353 e. The van der Waals surface area contributed by atoms with E-state index >= 15 is 0 Å². The number of benzene rings is 1. The molecule has 0 atom stereocenters. The molecule has 1 aromatic heterocycles. The number of carbonyl (C=O) groups excluding carboxylic acids is 2. The number of carbonyl (C=O) groups is 2. The van der Waals surface area contributed by atoms with E-state index in [9.17, 15) is 9.59 Å². The van der Waals surface area contributed by atoms with Crippen LogP contribution in [0.15, 0.2) is 30.3 Å². The van der Waals surface area contributed by atoms with E-state index in [1.807, 2.05) is 49.1 Å². The Hall–Kier alpha value is -2.96. The maximum atomic E-state index is 13.0. The average molecular weight is 367 g/mol. The van der Waals surface area contributed by atoms with Crippen molar-refractivity contribution < 1.29 is 9.59 Å². The molecule has 3 rings (SSSR count). The molecule has 2 heterocycles. The van der Waals surface area contributed by atoms with E-state index in [1.54, 1.807) is 0 Å². The largest absolute Gasteiger partial charge is 0.353 e. The molecule has 2 amide bonds. The summed E-state index contributed by atoms with van der Waals surface area (Å²) in [5.41, 5.74) is 2.43. The van der Waals surface area contributed by atoms with Crippen molar-refractivity contribution in [3.05, 3.63) is 53.0 Å². The van der Waals surface area contributed by atoms with Crippen LogP contribution in [0.4, 0.5) is 5.82 Å². The third-order valence-electron chi connectivity index (χ3n) is 4.62. The summed E-state index contributed by atoms with van der Waals surface area (Å²) in [7, 11) is 0. The van der Waals surface area contributed by atoms with Gasteiger partial charge in [-0.15, -0.1) is 0 Å². The standard InChI is InChI=1S/C20H25N5O2/c1-14-12-19(23-15(2)22-14)24-8-10-25(11-9-24)20(27)18-7-5-4-6-17(18)13-21-16(3)26/h4-7,12H,8-11,13H2,1-3H3,(H,21,26). The first kappa shape index (κ1) is 18.8. The normalized spacial score (nSPS) is 14.2. The molecule has 1 N–H and O–H groups in total. The third-order valence-corrected chi connectivity index (χ3v) is 4.62. The molecule has 7 heteroatoms. The second kappa shape index (κ2) is 8.16. The van der Waals surface area contributed by atoms with E-state index in [1.165, 1.54) is 6.92 Å². The summed E-state index contributed by atoms with van der Waals surface area (Å²) in [6, 6.07) is 9.42. The third kappa shape index (κ3) is 4.61. The second-order valence-electron chi connectivity index (χ2n) is 6.76. The molecular formula is C20H25N5O2. The fourth-order valence-corrected chi connectivity index (χ4v) is 3.27. The highest BCUT2D eigenvalue weighted by molar-refractivity contribution is 5.96. The molecule has 7 nitrogen and oxygen atoms in total. The Morgan fingerprint density at radius 1 is 1.07 bits per heavy atom. The summed E-state index contributed by atoms with van der Waals surface area (Å²) in [5, 5.41) is 2.77. The highest BCUT2D eigenvalue weighted by Gasteiger charge is 2.24. The van der Waals surface area contributed by atoms with Gasteiger partial charge in [0, 0.05) is 57.0 Å². The summed E-state index contributed by atoms with van der Waals surface area (Å²) in [4.78, 5) is 37.1. The van der Waals surface area contributed by atoms with Crippen molar-refractivity contribution in [2.75, 3.05) is 31.1 Å². The van der Waals surface area contributed by atoms with Crippen LogP contribution in [0.2, 0.25) is 0 Å². The van der Waals surface area contributed by atoms with Crippen molar-refractivity contribution in [1.29, 1.82) is 0 Å². The summed E-state index contributed by atoms with van der Waals surface area (Å²) >= 11 is 0. The highest BCUT2D eigenvalue weighted by Crippen LogP contribution is 2.18. The maximum Gasteiger partial charge on any atom is 0.254 e. The molecule has 0 unspecified atom stereocenters. The van der Waals surface area contributed by atoms with Crippen molar-refractivity contribution in [3.8, 4) is 0 Å². The first-order valence-corrected chi connectivity index (χ1v) is 9.13. The first-order chi connectivity index (χ1) is 12.9. The fourth-order valence-electron chi connectivity index (χ4n) is 3.27. The monoisotopic (exact) mass is 367 g/mol. The highest BCUT2D eigenvalue weighted by atomic mass is 16.2. The Labute approximate surface area is 159 Å². The summed E-state index contributed by atoms with van der Waals surface area (Å²) < 4.78 is 0.